The van der Waals surface area contributed by atoms with Crippen molar-refractivity contribution in [3.8, 4) is 0 Å². The highest BCUT2D eigenvalue weighted by Gasteiger charge is 2.10. The lowest BCUT2D eigenvalue weighted by atomic mass is 10.1. The Kier molecular flexibility index (Phi) is 6.57. The molecule has 1 aromatic rings. The van der Waals surface area contributed by atoms with Gasteiger partial charge in [-0.15, -0.1) is 0 Å². The summed E-state index contributed by atoms with van der Waals surface area (Å²) in [6.45, 7) is 10.0. The van der Waals surface area contributed by atoms with E-state index in [1.54, 1.807) is 6.26 Å². The van der Waals surface area contributed by atoms with Gasteiger partial charge < -0.3 is 19.4 Å². The first-order valence-electron chi connectivity index (χ1n) is 7.84. The standard InChI is InChI=1S/C16H28N2O2/c1-14(2)17-12-15-6-10-20-16(15)13-19-11-9-18-7-4-3-5-8-18/h6,10,14,17H,3-5,7-9,11-13H2,1-2H3. The first-order chi connectivity index (χ1) is 9.75. The first kappa shape index (κ1) is 15.5. The number of furan rings is 1. The van der Waals surface area contributed by atoms with Crippen LogP contribution in [0.25, 0.3) is 0 Å². The molecule has 1 saturated heterocycles. The summed E-state index contributed by atoms with van der Waals surface area (Å²) in [7, 11) is 0. The molecule has 0 spiro atoms. The Morgan fingerprint density at radius 1 is 1.30 bits per heavy atom. The SMILES string of the molecule is CC(C)NCc1ccoc1COCCN1CCCCC1. The van der Waals surface area contributed by atoms with Gasteiger partial charge in [0.2, 0.25) is 0 Å². The molecule has 0 atom stereocenters. The number of hydrogen-bond acceptors (Lipinski definition) is 4. The normalized spacial score (nSPS) is 16.9. The molecule has 1 aliphatic rings. The molecule has 0 amide bonds. The van der Waals surface area contributed by atoms with Crippen LogP contribution in [-0.4, -0.2) is 37.2 Å². The molecule has 0 radical (unpaired) electrons. The Balaban J connectivity index is 1.64. The molecule has 20 heavy (non-hydrogen) atoms. The summed E-state index contributed by atoms with van der Waals surface area (Å²) in [4.78, 5) is 2.49. The van der Waals surface area contributed by atoms with Gasteiger partial charge in [-0.3, -0.25) is 0 Å². The number of piperidine rings is 1. The fourth-order valence-electron chi connectivity index (χ4n) is 2.51. The number of nitrogens with zero attached hydrogens (tertiary/aromatic N) is 1. The summed E-state index contributed by atoms with van der Waals surface area (Å²) in [5, 5.41) is 3.41. The zero-order chi connectivity index (χ0) is 14.2. The van der Waals surface area contributed by atoms with E-state index >= 15 is 0 Å². The van der Waals surface area contributed by atoms with Crippen molar-refractivity contribution in [3.63, 3.8) is 0 Å². The van der Waals surface area contributed by atoms with Crippen LogP contribution in [0.15, 0.2) is 16.7 Å². The highest BCUT2D eigenvalue weighted by Crippen LogP contribution is 2.12. The molecule has 1 fully saturated rings. The minimum absolute atomic E-state index is 0.484. The van der Waals surface area contributed by atoms with E-state index in [9.17, 15) is 0 Å². The summed E-state index contributed by atoms with van der Waals surface area (Å²) in [6, 6.07) is 2.51. The minimum atomic E-state index is 0.484. The third-order valence-corrected chi connectivity index (χ3v) is 3.77. The summed E-state index contributed by atoms with van der Waals surface area (Å²) in [5.41, 5.74) is 1.21. The van der Waals surface area contributed by atoms with E-state index in [1.165, 1.54) is 37.9 Å². The van der Waals surface area contributed by atoms with E-state index in [2.05, 4.69) is 24.1 Å². The van der Waals surface area contributed by atoms with Crippen LogP contribution in [0.1, 0.15) is 44.4 Å². The second kappa shape index (κ2) is 8.45. The maximum absolute atomic E-state index is 5.77. The summed E-state index contributed by atoms with van der Waals surface area (Å²) in [6.07, 6.45) is 5.81. The van der Waals surface area contributed by atoms with Gasteiger partial charge in [0, 0.05) is 24.7 Å². The predicted octanol–water partition coefficient (Wildman–Crippen LogP) is 2.78. The quantitative estimate of drug-likeness (QED) is 0.743. The van der Waals surface area contributed by atoms with Crippen molar-refractivity contribution in [2.75, 3.05) is 26.2 Å². The van der Waals surface area contributed by atoms with Crippen LogP contribution in [0.3, 0.4) is 0 Å². The average molecular weight is 280 g/mol. The largest absolute Gasteiger partial charge is 0.467 e. The number of ether oxygens (including phenoxy) is 1. The molecule has 0 saturated carbocycles. The molecule has 0 aromatic carbocycles. The van der Waals surface area contributed by atoms with E-state index in [4.69, 9.17) is 9.15 Å². The molecule has 2 heterocycles. The lowest BCUT2D eigenvalue weighted by Gasteiger charge is -2.26. The second-order valence-electron chi connectivity index (χ2n) is 5.86. The smallest absolute Gasteiger partial charge is 0.133 e. The molecular formula is C16H28N2O2. The van der Waals surface area contributed by atoms with Crippen LogP contribution in [0.4, 0.5) is 0 Å². The molecule has 2 rings (SSSR count). The number of likely N-dealkylation sites (tertiary alicyclic amines) is 1. The summed E-state index contributed by atoms with van der Waals surface area (Å²) >= 11 is 0. The Morgan fingerprint density at radius 2 is 2.10 bits per heavy atom. The van der Waals surface area contributed by atoms with Crippen molar-refractivity contribution in [3.05, 3.63) is 23.7 Å². The van der Waals surface area contributed by atoms with Crippen molar-refractivity contribution < 1.29 is 9.15 Å². The molecule has 0 aliphatic carbocycles. The van der Waals surface area contributed by atoms with Gasteiger partial charge in [0.15, 0.2) is 0 Å². The maximum Gasteiger partial charge on any atom is 0.133 e. The van der Waals surface area contributed by atoms with Crippen molar-refractivity contribution in [2.45, 2.75) is 52.3 Å². The van der Waals surface area contributed by atoms with Gasteiger partial charge in [0.25, 0.3) is 0 Å². The lowest BCUT2D eigenvalue weighted by molar-refractivity contribution is 0.0759. The van der Waals surface area contributed by atoms with E-state index in [1.807, 2.05) is 6.07 Å². The van der Waals surface area contributed by atoms with Crippen LogP contribution >= 0.6 is 0 Å². The Hall–Kier alpha value is -0.840. The zero-order valence-corrected chi connectivity index (χ0v) is 12.9. The fraction of sp³-hybridized carbons (Fsp3) is 0.750. The van der Waals surface area contributed by atoms with Crippen LogP contribution < -0.4 is 5.32 Å². The summed E-state index contributed by atoms with van der Waals surface area (Å²) in [5.74, 6) is 0.955. The van der Waals surface area contributed by atoms with Gasteiger partial charge in [-0.1, -0.05) is 20.3 Å². The monoisotopic (exact) mass is 280 g/mol. The van der Waals surface area contributed by atoms with Crippen LogP contribution in [-0.2, 0) is 17.9 Å². The van der Waals surface area contributed by atoms with Crippen LogP contribution in [0.2, 0.25) is 0 Å². The van der Waals surface area contributed by atoms with Crippen molar-refractivity contribution in [1.82, 2.24) is 10.2 Å². The van der Waals surface area contributed by atoms with Gasteiger partial charge in [-0.25, -0.2) is 0 Å². The van der Waals surface area contributed by atoms with Gasteiger partial charge >= 0.3 is 0 Å². The number of rotatable bonds is 8. The average Bonchev–Trinajstić information content (AvgIpc) is 2.90. The molecule has 114 valence electrons. The Morgan fingerprint density at radius 3 is 2.85 bits per heavy atom. The zero-order valence-electron chi connectivity index (χ0n) is 12.9. The van der Waals surface area contributed by atoms with Crippen LogP contribution in [0.5, 0.6) is 0 Å². The Labute approximate surface area is 122 Å². The summed E-state index contributed by atoms with van der Waals surface area (Å²) < 4.78 is 11.3. The number of nitrogens with one attached hydrogen (secondary N) is 1. The van der Waals surface area contributed by atoms with E-state index in [0.29, 0.717) is 12.6 Å². The molecule has 1 aromatic heterocycles. The molecular weight excluding hydrogens is 252 g/mol. The number of hydrogen-bond donors (Lipinski definition) is 1. The molecule has 0 unspecified atom stereocenters. The fourth-order valence-corrected chi connectivity index (χ4v) is 2.51. The highest BCUT2D eigenvalue weighted by molar-refractivity contribution is 5.16. The van der Waals surface area contributed by atoms with Crippen molar-refractivity contribution in [2.24, 2.45) is 0 Å². The van der Waals surface area contributed by atoms with Crippen molar-refractivity contribution >= 4 is 0 Å². The van der Waals surface area contributed by atoms with E-state index in [-0.39, 0.29) is 0 Å². The molecule has 1 aliphatic heterocycles. The topological polar surface area (TPSA) is 37.6 Å². The molecule has 0 bridgehead atoms. The molecule has 4 nitrogen and oxygen atoms in total. The van der Waals surface area contributed by atoms with Gasteiger partial charge in [0.05, 0.1) is 12.9 Å². The van der Waals surface area contributed by atoms with Gasteiger partial charge in [0.1, 0.15) is 12.4 Å². The Bertz CT molecular complexity index is 370. The predicted molar refractivity (Wildman–Crippen MR) is 80.6 cm³/mol. The molecule has 1 N–H and O–H groups in total. The third kappa shape index (κ3) is 5.27. The lowest BCUT2D eigenvalue weighted by Crippen LogP contribution is -2.32. The second-order valence-corrected chi connectivity index (χ2v) is 5.86. The van der Waals surface area contributed by atoms with E-state index < -0.39 is 0 Å². The minimum Gasteiger partial charge on any atom is -0.467 e. The van der Waals surface area contributed by atoms with Gasteiger partial charge in [-0.05, 0) is 32.0 Å². The van der Waals surface area contributed by atoms with E-state index in [0.717, 1.165) is 25.5 Å². The van der Waals surface area contributed by atoms with Gasteiger partial charge in [-0.2, -0.15) is 0 Å². The third-order valence-electron chi connectivity index (χ3n) is 3.77. The highest BCUT2D eigenvalue weighted by atomic mass is 16.5. The van der Waals surface area contributed by atoms with Crippen molar-refractivity contribution in [1.29, 1.82) is 0 Å². The molecule has 4 heteroatoms. The first-order valence-corrected chi connectivity index (χ1v) is 7.84. The maximum atomic E-state index is 5.77. The van der Waals surface area contributed by atoms with Crippen LogP contribution in [0, 0.1) is 0 Å².